The molecule has 2 aromatic carbocycles. The second kappa shape index (κ2) is 5.93. The van der Waals surface area contributed by atoms with E-state index in [4.69, 9.17) is 11.6 Å². The highest BCUT2D eigenvalue weighted by Crippen LogP contribution is 2.56. The zero-order valence-corrected chi connectivity index (χ0v) is 16.2. The molecule has 0 radical (unpaired) electrons. The Labute approximate surface area is 167 Å². The zero-order chi connectivity index (χ0) is 19.5. The van der Waals surface area contributed by atoms with Gasteiger partial charge in [-0.3, -0.25) is 4.79 Å². The number of halogens is 1. The monoisotopic (exact) mass is 413 g/mol. The molecule has 2 heterocycles. The van der Waals surface area contributed by atoms with E-state index in [2.05, 4.69) is 26.4 Å². The summed E-state index contributed by atoms with van der Waals surface area (Å²) in [6, 6.07) is 13.9. The lowest BCUT2D eigenvalue weighted by Crippen LogP contribution is -2.51. The summed E-state index contributed by atoms with van der Waals surface area (Å²) in [4.78, 5) is 16.9. The number of hydrogen-bond acceptors (Lipinski definition) is 4. The number of rotatable bonds is 3. The maximum absolute atomic E-state index is 12.7. The van der Waals surface area contributed by atoms with Gasteiger partial charge in [-0.05, 0) is 36.6 Å². The maximum Gasteiger partial charge on any atom is 0.264 e. The molecule has 2 aliphatic rings. The molecule has 1 aliphatic carbocycles. The van der Waals surface area contributed by atoms with Crippen molar-refractivity contribution in [1.82, 2.24) is 14.3 Å². The Morgan fingerprint density at radius 3 is 2.75 bits per heavy atom. The van der Waals surface area contributed by atoms with Crippen LogP contribution in [0.5, 0.6) is 0 Å². The minimum atomic E-state index is -3.95. The van der Waals surface area contributed by atoms with E-state index in [1.165, 1.54) is 18.2 Å². The van der Waals surface area contributed by atoms with E-state index in [1.54, 1.807) is 12.4 Å². The van der Waals surface area contributed by atoms with E-state index in [9.17, 15) is 13.2 Å². The molecule has 0 bridgehead atoms. The summed E-state index contributed by atoms with van der Waals surface area (Å²) in [6.07, 6.45) is 4.67. The van der Waals surface area contributed by atoms with Crippen molar-refractivity contribution >= 4 is 27.5 Å². The molecule has 1 fully saturated rings. The van der Waals surface area contributed by atoms with E-state index in [0.717, 1.165) is 16.8 Å². The van der Waals surface area contributed by atoms with Gasteiger partial charge >= 0.3 is 0 Å². The number of carbonyl (C=O) groups excluding carboxylic acids is 1. The highest BCUT2D eigenvalue weighted by molar-refractivity contribution is 7.90. The normalized spacial score (nSPS) is 22.4. The van der Waals surface area contributed by atoms with Crippen LogP contribution in [0.25, 0.3) is 11.3 Å². The Morgan fingerprint density at radius 1 is 1.18 bits per heavy atom. The van der Waals surface area contributed by atoms with Gasteiger partial charge in [0.1, 0.15) is 0 Å². The third-order valence-corrected chi connectivity index (χ3v) is 7.26. The lowest BCUT2D eigenvalue weighted by atomic mass is 9.64. The van der Waals surface area contributed by atoms with Gasteiger partial charge in [0.25, 0.3) is 10.0 Å². The number of nitrogens with zero attached hydrogens (tertiary/aromatic N) is 2. The first-order valence-electron chi connectivity index (χ1n) is 8.86. The predicted molar refractivity (Wildman–Crippen MR) is 104 cm³/mol. The average Bonchev–Trinajstić information content (AvgIpc) is 3.19. The minimum Gasteiger partial charge on any atom is -0.320 e. The van der Waals surface area contributed by atoms with Gasteiger partial charge in [-0.25, -0.2) is 18.1 Å². The van der Waals surface area contributed by atoms with Gasteiger partial charge in [0.05, 0.1) is 28.7 Å². The molecule has 1 N–H and O–H groups in total. The van der Waals surface area contributed by atoms with Crippen LogP contribution in [-0.2, 0) is 20.4 Å². The van der Waals surface area contributed by atoms with E-state index in [-0.39, 0.29) is 10.4 Å². The number of nitrogens with one attached hydrogen (secondary N) is 1. The van der Waals surface area contributed by atoms with Crippen molar-refractivity contribution in [3.63, 3.8) is 0 Å². The standard InChI is InChI=1S/C20H16ClN3O3S/c21-14-4-3-5-15(8-14)28(26,27)23-19(25)13-9-20(10-13)17-7-2-1-6-16(17)18-11-22-12-24(18)20/h1-8,11-13H,9-10H2,(H,23,25). The molecule has 1 amide bonds. The van der Waals surface area contributed by atoms with Crippen molar-refractivity contribution in [2.24, 2.45) is 5.92 Å². The van der Waals surface area contributed by atoms with Crippen LogP contribution in [0.15, 0.2) is 66.0 Å². The molecular weight excluding hydrogens is 398 g/mol. The average molecular weight is 414 g/mol. The number of imidazole rings is 1. The number of hydrogen-bond donors (Lipinski definition) is 1. The fourth-order valence-corrected chi connectivity index (χ4v) is 5.69. The highest BCUT2D eigenvalue weighted by Gasteiger charge is 2.54. The van der Waals surface area contributed by atoms with E-state index in [1.807, 2.05) is 18.3 Å². The molecule has 0 atom stereocenters. The number of fused-ring (bicyclic) bond motifs is 5. The smallest absolute Gasteiger partial charge is 0.264 e. The van der Waals surface area contributed by atoms with Gasteiger partial charge in [0.2, 0.25) is 5.91 Å². The molecule has 1 aliphatic heterocycles. The van der Waals surface area contributed by atoms with Crippen molar-refractivity contribution in [2.75, 3.05) is 0 Å². The van der Waals surface area contributed by atoms with E-state index in [0.29, 0.717) is 17.9 Å². The third kappa shape index (κ3) is 2.43. The molecule has 3 aromatic rings. The molecule has 8 heteroatoms. The van der Waals surface area contributed by atoms with Crippen LogP contribution in [0.1, 0.15) is 18.4 Å². The lowest BCUT2D eigenvalue weighted by Gasteiger charge is -2.46. The summed E-state index contributed by atoms with van der Waals surface area (Å²) >= 11 is 5.87. The van der Waals surface area contributed by atoms with Crippen molar-refractivity contribution in [1.29, 1.82) is 0 Å². The summed E-state index contributed by atoms with van der Waals surface area (Å²) in [6.45, 7) is 0. The SMILES string of the molecule is O=C(NS(=O)(=O)c1cccc(Cl)c1)C1CC2(C1)c1ccccc1-c1cncn12. The molecular formula is C20H16ClN3O3S. The molecule has 0 unspecified atom stereocenters. The molecule has 1 saturated carbocycles. The largest absolute Gasteiger partial charge is 0.320 e. The number of carbonyl (C=O) groups is 1. The van der Waals surface area contributed by atoms with Crippen LogP contribution in [-0.4, -0.2) is 23.9 Å². The molecule has 28 heavy (non-hydrogen) atoms. The topological polar surface area (TPSA) is 81.1 Å². The summed E-state index contributed by atoms with van der Waals surface area (Å²) in [5.74, 6) is -0.882. The summed E-state index contributed by atoms with van der Waals surface area (Å²) in [5.41, 5.74) is 2.98. The fraction of sp³-hybridized carbons (Fsp3) is 0.200. The molecule has 6 nitrogen and oxygen atoms in total. The number of amides is 1. The van der Waals surface area contributed by atoms with Crippen molar-refractivity contribution in [3.8, 4) is 11.3 Å². The van der Waals surface area contributed by atoms with Gasteiger partial charge in [0.15, 0.2) is 0 Å². The Kier molecular flexibility index (Phi) is 3.70. The molecule has 5 rings (SSSR count). The summed E-state index contributed by atoms with van der Waals surface area (Å²) in [7, 11) is -3.95. The third-order valence-electron chi connectivity index (χ3n) is 5.68. The highest BCUT2D eigenvalue weighted by atomic mass is 35.5. The fourth-order valence-electron chi connectivity index (χ4n) is 4.34. The van der Waals surface area contributed by atoms with Crippen molar-refractivity contribution in [3.05, 3.63) is 71.6 Å². The van der Waals surface area contributed by atoms with Gasteiger partial charge in [-0.2, -0.15) is 0 Å². The van der Waals surface area contributed by atoms with Crippen LogP contribution in [0.3, 0.4) is 0 Å². The van der Waals surface area contributed by atoms with E-state index < -0.39 is 21.8 Å². The first-order chi connectivity index (χ1) is 13.4. The quantitative estimate of drug-likeness (QED) is 0.715. The van der Waals surface area contributed by atoms with Crippen LogP contribution in [0, 0.1) is 5.92 Å². The van der Waals surface area contributed by atoms with Gasteiger partial charge < -0.3 is 4.57 Å². The van der Waals surface area contributed by atoms with Crippen LogP contribution >= 0.6 is 11.6 Å². The lowest BCUT2D eigenvalue weighted by molar-refractivity contribution is -0.128. The van der Waals surface area contributed by atoms with Crippen LogP contribution < -0.4 is 4.72 Å². The Hall–Kier alpha value is -2.64. The summed E-state index contributed by atoms with van der Waals surface area (Å²) in [5, 5.41) is 0.299. The molecule has 1 aromatic heterocycles. The Balaban J connectivity index is 1.38. The van der Waals surface area contributed by atoms with Crippen LogP contribution in [0.2, 0.25) is 5.02 Å². The molecule has 142 valence electrons. The molecule has 1 spiro atoms. The maximum atomic E-state index is 12.7. The Morgan fingerprint density at radius 2 is 1.96 bits per heavy atom. The van der Waals surface area contributed by atoms with Gasteiger partial charge in [0, 0.05) is 16.5 Å². The van der Waals surface area contributed by atoms with Crippen molar-refractivity contribution in [2.45, 2.75) is 23.3 Å². The zero-order valence-electron chi connectivity index (χ0n) is 14.7. The summed E-state index contributed by atoms with van der Waals surface area (Å²) < 4.78 is 29.3. The Bertz CT molecular complexity index is 1210. The number of aromatic nitrogens is 2. The predicted octanol–water partition coefficient (Wildman–Crippen LogP) is 3.18. The van der Waals surface area contributed by atoms with Gasteiger partial charge in [-0.1, -0.05) is 41.9 Å². The van der Waals surface area contributed by atoms with E-state index >= 15 is 0 Å². The first kappa shape index (κ1) is 17.5. The molecule has 0 saturated heterocycles. The first-order valence-corrected chi connectivity index (χ1v) is 10.7. The number of benzene rings is 2. The second-order valence-corrected chi connectivity index (χ2v) is 9.38. The van der Waals surface area contributed by atoms with Gasteiger partial charge in [-0.15, -0.1) is 0 Å². The second-order valence-electron chi connectivity index (χ2n) is 7.26. The van der Waals surface area contributed by atoms with Crippen LogP contribution in [0.4, 0.5) is 0 Å². The minimum absolute atomic E-state index is 0.0227. The number of sulfonamides is 1. The van der Waals surface area contributed by atoms with Crippen molar-refractivity contribution < 1.29 is 13.2 Å².